The van der Waals surface area contributed by atoms with Gasteiger partial charge in [-0.1, -0.05) is 97.1 Å². The van der Waals surface area contributed by atoms with E-state index in [0.29, 0.717) is 11.8 Å². The Bertz CT molecular complexity index is 2450. The molecule has 0 N–H and O–H groups in total. The van der Waals surface area contributed by atoms with Crippen LogP contribution in [0.2, 0.25) is 0 Å². The summed E-state index contributed by atoms with van der Waals surface area (Å²) in [5.41, 5.74) is 5.27. The first-order valence-corrected chi connectivity index (χ1v) is 14.1. The monoisotopic (exact) mass is 537 g/mol. The van der Waals surface area contributed by atoms with Gasteiger partial charge in [-0.2, -0.15) is 0 Å². The van der Waals surface area contributed by atoms with Crippen LogP contribution in [0.4, 0.5) is 0 Å². The highest BCUT2D eigenvalue weighted by atomic mass is 16.4. The molecule has 0 amide bonds. The number of rotatable bonds is 3. The summed E-state index contributed by atoms with van der Waals surface area (Å²) in [7, 11) is 0. The van der Waals surface area contributed by atoms with Crippen molar-refractivity contribution in [2.75, 3.05) is 0 Å². The minimum atomic E-state index is 0.505. The van der Waals surface area contributed by atoms with Crippen molar-refractivity contribution in [3.8, 4) is 28.6 Å². The minimum absolute atomic E-state index is 0.505. The van der Waals surface area contributed by atoms with Gasteiger partial charge in [0.2, 0.25) is 11.8 Å². The van der Waals surface area contributed by atoms with Gasteiger partial charge in [0.25, 0.3) is 0 Å². The molecule has 0 aliphatic carbocycles. The molecule has 196 valence electrons. The normalized spacial score (nSPS) is 11.8. The topological polar surface area (TPSA) is 43.9 Å². The Kier molecular flexibility index (Phi) is 4.87. The molecular formula is C38H23N3O. The average molecular weight is 538 g/mol. The molecule has 2 aromatic heterocycles. The van der Waals surface area contributed by atoms with Crippen LogP contribution in [0.5, 0.6) is 0 Å². The van der Waals surface area contributed by atoms with E-state index in [0.717, 1.165) is 16.8 Å². The molecule has 42 heavy (non-hydrogen) atoms. The minimum Gasteiger partial charge on any atom is -0.416 e. The van der Waals surface area contributed by atoms with Crippen LogP contribution in [0.3, 0.4) is 0 Å². The number of nitrogens with zero attached hydrogens (tertiary/aromatic N) is 3. The zero-order valence-electron chi connectivity index (χ0n) is 22.5. The highest BCUT2D eigenvalue weighted by molar-refractivity contribution is 6.36. The van der Waals surface area contributed by atoms with E-state index in [4.69, 9.17) is 4.42 Å². The molecule has 0 radical (unpaired) electrons. The maximum atomic E-state index is 6.05. The first kappa shape index (κ1) is 23.0. The summed E-state index contributed by atoms with van der Waals surface area (Å²) in [5, 5.41) is 18.7. The van der Waals surface area contributed by atoms with Gasteiger partial charge in [0.05, 0.1) is 11.0 Å². The predicted octanol–water partition coefficient (Wildman–Crippen LogP) is 9.96. The molecule has 9 rings (SSSR count). The van der Waals surface area contributed by atoms with Crippen LogP contribution < -0.4 is 0 Å². The first-order chi connectivity index (χ1) is 20.8. The van der Waals surface area contributed by atoms with Crippen molar-refractivity contribution < 1.29 is 4.42 Å². The van der Waals surface area contributed by atoms with Gasteiger partial charge in [-0.3, -0.25) is 0 Å². The van der Waals surface area contributed by atoms with Crippen LogP contribution in [0, 0.1) is 0 Å². The number of hydrogen-bond donors (Lipinski definition) is 0. The van der Waals surface area contributed by atoms with Crippen molar-refractivity contribution in [1.82, 2.24) is 14.8 Å². The van der Waals surface area contributed by atoms with E-state index in [1.165, 1.54) is 54.1 Å². The fraction of sp³-hybridized carbons (Fsp3) is 0. The van der Waals surface area contributed by atoms with Gasteiger partial charge in [0.1, 0.15) is 0 Å². The van der Waals surface area contributed by atoms with Gasteiger partial charge in [-0.25, -0.2) is 0 Å². The van der Waals surface area contributed by atoms with Crippen LogP contribution >= 0.6 is 0 Å². The van der Waals surface area contributed by atoms with Gasteiger partial charge >= 0.3 is 0 Å². The summed E-state index contributed by atoms with van der Waals surface area (Å²) in [5.74, 6) is 1.02. The lowest BCUT2D eigenvalue weighted by Gasteiger charge is -2.14. The number of hydrogen-bond acceptors (Lipinski definition) is 3. The Morgan fingerprint density at radius 2 is 1.00 bits per heavy atom. The standard InChI is InChI=1S/C38H23N3O/c1-2-11-25(12-3-1)37-39-40-38(42-37)26-18-21-27(22-19-26)41-33-17-9-8-16-32(33)35-30-15-7-6-14-29(30)31-23-20-24-10-4-5-13-28(24)34(31)36(35)41/h1-23H. The lowest BCUT2D eigenvalue weighted by atomic mass is 9.93. The highest BCUT2D eigenvalue weighted by Crippen LogP contribution is 2.44. The molecule has 0 fully saturated rings. The number of benzene rings is 7. The summed E-state index contributed by atoms with van der Waals surface area (Å²) < 4.78 is 8.47. The van der Waals surface area contributed by atoms with E-state index < -0.39 is 0 Å². The average Bonchev–Trinajstić information content (AvgIpc) is 3.69. The van der Waals surface area contributed by atoms with Crippen LogP contribution in [-0.4, -0.2) is 14.8 Å². The van der Waals surface area contributed by atoms with Crippen molar-refractivity contribution in [2.24, 2.45) is 0 Å². The van der Waals surface area contributed by atoms with Crippen molar-refractivity contribution in [1.29, 1.82) is 0 Å². The number of fused-ring (bicyclic) bond motifs is 10. The first-order valence-electron chi connectivity index (χ1n) is 14.1. The molecule has 0 saturated heterocycles. The van der Waals surface area contributed by atoms with Crippen molar-refractivity contribution >= 4 is 54.1 Å². The SMILES string of the molecule is c1ccc(-c2nnc(-c3ccc(-n4c5ccccc5c5c6ccccc6c6ccc7ccccc7c6c54)cc3)o2)cc1. The summed E-state index contributed by atoms with van der Waals surface area (Å²) in [4.78, 5) is 0. The molecule has 2 heterocycles. The molecule has 4 nitrogen and oxygen atoms in total. The Hall–Kier alpha value is -5.74. The van der Waals surface area contributed by atoms with E-state index in [-0.39, 0.29) is 0 Å². The van der Waals surface area contributed by atoms with Crippen LogP contribution in [0.25, 0.3) is 82.7 Å². The van der Waals surface area contributed by atoms with E-state index in [1.807, 2.05) is 30.3 Å². The molecular weight excluding hydrogens is 514 g/mol. The Morgan fingerprint density at radius 3 is 1.79 bits per heavy atom. The van der Waals surface area contributed by atoms with Crippen molar-refractivity contribution in [2.45, 2.75) is 0 Å². The second-order valence-electron chi connectivity index (χ2n) is 10.7. The zero-order valence-corrected chi connectivity index (χ0v) is 22.5. The number of para-hydroxylation sites is 1. The van der Waals surface area contributed by atoms with Crippen LogP contribution in [0.15, 0.2) is 144 Å². The summed E-state index contributed by atoms with van der Waals surface area (Å²) in [6.45, 7) is 0. The molecule has 0 atom stereocenters. The summed E-state index contributed by atoms with van der Waals surface area (Å²) in [6, 6.07) is 49.0. The highest BCUT2D eigenvalue weighted by Gasteiger charge is 2.20. The quantitative estimate of drug-likeness (QED) is 0.211. The van der Waals surface area contributed by atoms with Crippen LogP contribution in [-0.2, 0) is 0 Å². The summed E-state index contributed by atoms with van der Waals surface area (Å²) in [6.07, 6.45) is 0. The van der Waals surface area contributed by atoms with Crippen molar-refractivity contribution in [3.63, 3.8) is 0 Å². The Balaban J connectivity index is 1.34. The largest absolute Gasteiger partial charge is 0.416 e. The maximum absolute atomic E-state index is 6.05. The Morgan fingerprint density at radius 1 is 0.429 bits per heavy atom. The van der Waals surface area contributed by atoms with Gasteiger partial charge in [0.15, 0.2) is 0 Å². The van der Waals surface area contributed by atoms with E-state index in [2.05, 4.69) is 124 Å². The van der Waals surface area contributed by atoms with E-state index in [9.17, 15) is 0 Å². The fourth-order valence-electron chi connectivity index (χ4n) is 6.49. The van der Waals surface area contributed by atoms with E-state index in [1.54, 1.807) is 0 Å². The van der Waals surface area contributed by atoms with Crippen molar-refractivity contribution in [3.05, 3.63) is 140 Å². The molecule has 0 saturated carbocycles. The molecule has 0 unspecified atom stereocenters. The molecule has 4 heteroatoms. The van der Waals surface area contributed by atoms with Gasteiger partial charge in [-0.05, 0) is 69.4 Å². The second kappa shape index (κ2) is 8.88. The third kappa shape index (κ3) is 3.29. The van der Waals surface area contributed by atoms with Gasteiger partial charge in [0, 0.05) is 33.0 Å². The molecule has 0 aliphatic heterocycles. The third-order valence-electron chi connectivity index (χ3n) is 8.35. The fourth-order valence-corrected chi connectivity index (χ4v) is 6.49. The summed E-state index contributed by atoms with van der Waals surface area (Å²) >= 11 is 0. The lowest BCUT2D eigenvalue weighted by Crippen LogP contribution is -1.95. The maximum Gasteiger partial charge on any atom is 0.248 e. The predicted molar refractivity (Wildman–Crippen MR) is 172 cm³/mol. The molecule has 9 aromatic rings. The third-order valence-corrected chi connectivity index (χ3v) is 8.35. The second-order valence-corrected chi connectivity index (χ2v) is 10.7. The van der Waals surface area contributed by atoms with Crippen LogP contribution in [0.1, 0.15) is 0 Å². The van der Waals surface area contributed by atoms with Gasteiger partial charge in [-0.15, -0.1) is 10.2 Å². The molecule has 0 aliphatic rings. The Labute approximate surface area is 241 Å². The van der Waals surface area contributed by atoms with Gasteiger partial charge < -0.3 is 8.98 Å². The smallest absolute Gasteiger partial charge is 0.248 e. The molecule has 0 bridgehead atoms. The zero-order chi connectivity index (χ0) is 27.6. The lowest BCUT2D eigenvalue weighted by molar-refractivity contribution is 0.584. The molecule has 0 spiro atoms. The molecule has 7 aromatic carbocycles. The number of aromatic nitrogens is 3. The van der Waals surface area contributed by atoms with E-state index >= 15 is 0 Å².